The molecule has 0 saturated carbocycles. The van der Waals surface area contributed by atoms with Gasteiger partial charge in [0.2, 0.25) is 0 Å². The highest BCUT2D eigenvalue weighted by Crippen LogP contribution is 2.59. The Hall–Kier alpha value is -5.86. The molecule has 0 N–H and O–H groups in total. The summed E-state index contributed by atoms with van der Waals surface area (Å²) in [5.41, 5.74) is 17.0. The van der Waals surface area contributed by atoms with Crippen LogP contribution in [0.4, 0.5) is 34.1 Å². The third-order valence-corrected chi connectivity index (χ3v) is 11.0. The average Bonchev–Trinajstić information content (AvgIpc) is 3.16. The molecular weight excluding hydrogens is 605 g/mol. The van der Waals surface area contributed by atoms with Crippen molar-refractivity contribution in [2.24, 2.45) is 0 Å². The highest BCUT2D eigenvalue weighted by Gasteiger charge is 2.43. The van der Waals surface area contributed by atoms with Crippen LogP contribution < -0.4 is 9.80 Å². The minimum Gasteiger partial charge on any atom is -0.310 e. The first-order valence-electron chi connectivity index (χ1n) is 17.6. The second-order valence-corrected chi connectivity index (χ2v) is 14.7. The number of fused-ring (bicyclic) bond motifs is 4. The van der Waals surface area contributed by atoms with Gasteiger partial charge in [0.15, 0.2) is 0 Å². The molecule has 0 radical (unpaired) electrons. The van der Waals surface area contributed by atoms with Crippen LogP contribution in [0.2, 0.25) is 0 Å². The first kappa shape index (κ1) is 30.2. The van der Waals surface area contributed by atoms with E-state index in [1.807, 2.05) is 0 Å². The Kier molecular flexibility index (Phi) is 6.86. The molecule has 2 heteroatoms. The van der Waals surface area contributed by atoms with Crippen molar-refractivity contribution in [3.8, 4) is 22.3 Å². The van der Waals surface area contributed by atoms with E-state index in [1.54, 1.807) is 0 Å². The lowest BCUT2D eigenvalue weighted by molar-refractivity contribution is 0.615. The first-order valence-corrected chi connectivity index (χ1v) is 17.6. The molecule has 242 valence electrons. The maximum atomic E-state index is 2.50. The molecule has 2 nitrogen and oxygen atoms in total. The fourth-order valence-electron chi connectivity index (χ4n) is 8.29. The van der Waals surface area contributed by atoms with E-state index >= 15 is 0 Å². The van der Waals surface area contributed by atoms with Gasteiger partial charge in [-0.3, -0.25) is 0 Å². The smallest absolute Gasteiger partial charge is 0.0507 e. The van der Waals surface area contributed by atoms with E-state index in [0.717, 1.165) is 0 Å². The molecule has 0 spiro atoms. The number of hydrogen-bond acceptors (Lipinski definition) is 2. The molecule has 9 rings (SSSR count). The summed E-state index contributed by atoms with van der Waals surface area (Å²) in [5.74, 6) is 0. The molecule has 2 aliphatic heterocycles. The Bertz CT molecular complexity index is 2190. The Morgan fingerprint density at radius 2 is 0.620 bits per heavy atom. The van der Waals surface area contributed by atoms with Gasteiger partial charge in [-0.1, -0.05) is 137 Å². The standard InChI is InChI=1S/C48H40N2/c1-47(2)39-29-35(33-17-9-5-10-18-33)25-27-43(39)49(37-21-13-7-14-22-37)45-32-42-46(31-41(45)47)50(38-23-15-8-16-24-38)44-28-26-36(30-40(44)48(42,3)4)34-19-11-6-12-20-34/h5-32H,1-4H3. The molecule has 0 amide bonds. The van der Waals surface area contributed by atoms with Crippen molar-refractivity contribution in [1.82, 2.24) is 0 Å². The predicted molar refractivity (Wildman–Crippen MR) is 211 cm³/mol. The summed E-state index contributed by atoms with van der Waals surface area (Å²) in [4.78, 5) is 4.98. The topological polar surface area (TPSA) is 6.48 Å². The number of hydrogen-bond donors (Lipinski definition) is 0. The molecule has 7 aromatic rings. The van der Waals surface area contributed by atoms with Gasteiger partial charge < -0.3 is 9.80 Å². The molecule has 0 aliphatic carbocycles. The molecule has 0 saturated heterocycles. The summed E-state index contributed by atoms with van der Waals surface area (Å²) in [6.07, 6.45) is 0. The van der Waals surface area contributed by atoms with Gasteiger partial charge in [0.25, 0.3) is 0 Å². The average molecular weight is 645 g/mol. The van der Waals surface area contributed by atoms with Gasteiger partial charge in [-0.25, -0.2) is 0 Å². The predicted octanol–water partition coefficient (Wildman–Crippen LogP) is 13.2. The summed E-state index contributed by atoms with van der Waals surface area (Å²) >= 11 is 0. The molecule has 0 unspecified atom stereocenters. The quantitative estimate of drug-likeness (QED) is 0.188. The molecule has 50 heavy (non-hydrogen) atoms. The minimum atomic E-state index is -0.264. The summed E-state index contributed by atoms with van der Waals surface area (Å²) in [7, 11) is 0. The Labute approximate surface area is 295 Å². The lowest BCUT2D eigenvalue weighted by Gasteiger charge is -2.47. The molecule has 7 aromatic carbocycles. The van der Waals surface area contributed by atoms with Gasteiger partial charge in [-0.2, -0.15) is 0 Å². The molecule has 0 bridgehead atoms. The zero-order chi connectivity index (χ0) is 34.0. The van der Waals surface area contributed by atoms with Crippen LogP contribution in [0, 0.1) is 0 Å². The van der Waals surface area contributed by atoms with E-state index in [1.165, 1.54) is 78.6 Å². The zero-order valence-corrected chi connectivity index (χ0v) is 29.1. The highest BCUT2D eigenvalue weighted by molar-refractivity contribution is 5.94. The van der Waals surface area contributed by atoms with Crippen LogP contribution in [0.25, 0.3) is 22.3 Å². The third-order valence-electron chi connectivity index (χ3n) is 11.0. The number of rotatable bonds is 4. The monoisotopic (exact) mass is 644 g/mol. The van der Waals surface area contributed by atoms with Crippen molar-refractivity contribution < 1.29 is 0 Å². The molecule has 0 aromatic heterocycles. The summed E-state index contributed by atoms with van der Waals surface area (Å²) in [6.45, 7) is 9.59. The van der Waals surface area contributed by atoms with Crippen LogP contribution in [0.1, 0.15) is 49.9 Å². The lowest BCUT2D eigenvalue weighted by atomic mass is 9.68. The molecular formula is C48H40N2. The number of para-hydroxylation sites is 2. The van der Waals surface area contributed by atoms with E-state index < -0.39 is 0 Å². The second-order valence-electron chi connectivity index (χ2n) is 14.7. The Balaban J connectivity index is 1.32. The van der Waals surface area contributed by atoms with Crippen LogP contribution in [-0.4, -0.2) is 0 Å². The van der Waals surface area contributed by atoms with E-state index in [2.05, 4.69) is 207 Å². The van der Waals surface area contributed by atoms with E-state index in [-0.39, 0.29) is 10.8 Å². The first-order chi connectivity index (χ1) is 24.3. The van der Waals surface area contributed by atoms with Gasteiger partial charge in [-0.05, 0) is 105 Å². The maximum Gasteiger partial charge on any atom is 0.0507 e. The fourth-order valence-corrected chi connectivity index (χ4v) is 8.29. The largest absolute Gasteiger partial charge is 0.310 e. The van der Waals surface area contributed by atoms with Gasteiger partial charge >= 0.3 is 0 Å². The second kappa shape index (κ2) is 11.4. The fraction of sp³-hybridized carbons (Fsp3) is 0.125. The molecule has 0 atom stereocenters. The normalized spacial score (nSPS) is 15.0. The number of nitrogens with zero attached hydrogens (tertiary/aromatic N) is 2. The van der Waals surface area contributed by atoms with E-state index in [4.69, 9.17) is 0 Å². The molecule has 2 aliphatic rings. The third kappa shape index (κ3) is 4.63. The maximum absolute atomic E-state index is 2.50. The Morgan fingerprint density at radius 1 is 0.300 bits per heavy atom. The summed E-state index contributed by atoms with van der Waals surface area (Å²) < 4.78 is 0. The van der Waals surface area contributed by atoms with E-state index in [9.17, 15) is 0 Å². The molecule has 0 fully saturated rings. The van der Waals surface area contributed by atoms with Crippen molar-refractivity contribution in [3.63, 3.8) is 0 Å². The van der Waals surface area contributed by atoms with Crippen LogP contribution in [-0.2, 0) is 10.8 Å². The van der Waals surface area contributed by atoms with Crippen molar-refractivity contribution in [2.75, 3.05) is 9.80 Å². The molecule has 2 heterocycles. The SMILES string of the molecule is CC1(C)c2cc(-c3ccccc3)ccc2N(c2ccccc2)c2cc3c(cc21)N(c1ccccc1)c1ccc(-c2ccccc2)cc1C3(C)C. The van der Waals surface area contributed by atoms with Gasteiger partial charge in [0.05, 0.1) is 22.7 Å². The summed E-state index contributed by atoms with van der Waals surface area (Å²) in [5, 5.41) is 0. The van der Waals surface area contributed by atoms with Gasteiger partial charge in [0, 0.05) is 22.2 Å². The van der Waals surface area contributed by atoms with Gasteiger partial charge in [-0.15, -0.1) is 0 Å². The van der Waals surface area contributed by atoms with Crippen LogP contribution in [0.15, 0.2) is 170 Å². The van der Waals surface area contributed by atoms with Crippen LogP contribution in [0.5, 0.6) is 0 Å². The number of anilines is 6. The summed E-state index contributed by atoms with van der Waals surface area (Å²) in [6, 6.07) is 62.3. The minimum absolute atomic E-state index is 0.264. The van der Waals surface area contributed by atoms with Gasteiger partial charge in [0.1, 0.15) is 0 Å². The van der Waals surface area contributed by atoms with Crippen LogP contribution in [0.3, 0.4) is 0 Å². The van der Waals surface area contributed by atoms with Crippen molar-refractivity contribution in [3.05, 3.63) is 192 Å². The van der Waals surface area contributed by atoms with Crippen molar-refractivity contribution >= 4 is 34.1 Å². The van der Waals surface area contributed by atoms with Crippen LogP contribution >= 0.6 is 0 Å². The van der Waals surface area contributed by atoms with Crippen molar-refractivity contribution in [2.45, 2.75) is 38.5 Å². The van der Waals surface area contributed by atoms with Crippen molar-refractivity contribution in [1.29, 1.82) is 0 Å². The van der Waals surface area contributed by atoms with E-state index in [0.29, 0.717) is 0 Å². The number of benzene rings is 7. The Morgan fingerprint density at radius 3 is 0.980 bits per heavy atom. The highest BCUT2D eigenvalue weighted by atomic mass is 15.2. The lowest BCUT2D eigenvalue weighted by Crippen LogP contribution is -2.35. The zero-order valence-electron chi connectivity index (χ0n) is 29.1.